The molecular weight excluding hydrogens is 242 g/mol. The summed E-state index contributed by atoms with van der Waals surface area (Å²) < 4.78 is 5.12. The largest absolute Gasteiger partial charge is 0.497 e. The number of methoxy groups -OCH3 is 1. The molecule has 4 heteroatoms. The predicted octanol–water partition coefficient (Wildman–Crippen LogP) is 1.47. The van der Waals surface area contributed by atoms with Crippen molar-refractivity contribution in [2.75, 3.05) is 26.8 Å². The van der Waals surface area contributed by atoms with Gasteiger partial charge in [-0.1, -0.05) is 12.1 Å². The number of nitrogens with zero attached hydrogens (tertiary/aromatic N) is 1. The second kappa shape index (κ2) is 6.57. The van der Waals surface area contributed by atoms with Gasteiger partial charge in [-0.05, 0) is 36.5 Å². The maximum absolute atomic E-state index is 11.8. The molecule has 0 saturated carbocycles. The van der Waals surface area contributed by atoms with Crippen LogP contribution in [0, 0.1) is 5.92 Å². The fraction of sp³-hybridized carbons (Fsp3) is 0.533. The zero-order chi connectivity index (χ0) is 13.7. The standard InChI is InChI=1S/C15H21NO3/c1-19-14-4-2-12(3-5-14)6-8-16-11-13(7-9-17)10-15(16)18/h2-5,13,17H,6-11H2,1H3/t13-/m1/s1. The lowest BCUT2D eigenvalue weighted by Gasteiger charge is -2.16. The molecule has 1 amide bonds. The van der Waals surface area contributed by atoms with E-state index in [4.69, 9.17) is 9.84 Å². The van der Waals surface area contributed by atoms with E-state index in [2.05, 4.69) is 0 Å². The normalized spacial score (nSPS) is 18.9. The van der Waals surface area contributed by atoms with Crippen LogP contribution < -0.4 is 4.74 Å². The van der Waals surface area contributed by atoms with Gasteiger partial charge in [0.1, 0.15) is 5.75 Å². The van der Waals surface area contributed by atoms with Crippen molar-refractivity contribution in [1.29, 1.82) is 0 Å². The minimum atomic E-state index is 0.171. The van der Waals surface area contributed by atoms with E-state index in [9.17, 15) is 4.79 Å². The first-order valence-electron chi connectivity index (χ1n) is 6.74. The number of likely N-dealkylation sites (tertiary alicyclic amines) is 1. The van der Waals surface area contributed by atoms with E-state index >= 15 is 0 Å². The van der Waals surface area contributed by atoms with Crippen LogP contribution in [0.4, 0.5) is 0 Å². The van der Waals surface area contributed by atoms with Crippen LogP contribution in [0.3, 0.4) is 0 Å². The zero-order valence-corrected chi connectivity index (χ0v) is 11.3. The summed E-state index contributed by atoms with van der Waals surface area (Å²) in [5.41, 5.74) is 1.21. The molecule has 19 heavy (non-hydrogen) atoms. The molecule has 1 aliphatic heterocycles. The van der Waals surface area contributed by atoms with Gasteiger partial charge in [0.25, 0.3) is 0 Å². The summed E-state index contributed by atoms with van der Waals surface area (Å²) in [6.07, 6.45) is 2.18. The highest BCUT2D eigenvalue weighted by atomic mass is 16.5. The fourth-order valence-electron chi connectivity index (χ4n) is 2.50. The Morgan fingerprint density at radius 2 is 2.11 bits per heavy atom. The smallest absolute Gasteiger partial charge is 0.222 e. The van der Waals surface area contributed by atoms with Crippen LogP contribution in [0.1, 0.15) is 18.4 Å². The molecule has 0 unspecified atom stereocenters. The molecule has 1 atom stereocenters. The lowest BCUT2D eigenvalue weighted by Crippen LogP contribution is -2.27. The van der Waals surface area contributed by atoms with Gasteiger partial charge in [0, 0.05) is 26.1 Å². The maximum atomic E-state index is 11.8. The third kappa shape index (κ3) is 3.70. The van der Waals surface area contributed by atoms with Gasteiger partial charge >= 0.3 is 0 Å². The Kier molecular flexibility index (Phi) is 4.80. The highest BCUT2D eigenvalue weighted by Gasteiger charge is 2.28. The number of ether oxygens (including phenoxy) is 1. The molecule has 0 spiro atoms. The van der Waals surface area contributed by atoms with Crippen molar-refractivity contribution in [3.63, 3.8) is 0 Å². The topological polar surface area (TPSA) is 49.8 Å². The van der Waals surface area contributed by atoms with Crippen LogP contribution in [-0.2, 0) is 11.2 Å². The second-order valence-corrected chi connectivity index (χ2v) is 5.02. The van der Waals surface area contributed by atoms with E-state index < -0.39 is 0 Å². The summed E-state index contributed by atoms with van der Waals surface area (Å²) in [6.45, 7) is 1.72. The molecule has 1 aromatic carbocycles. The lowest BCUT2D eigenvalue weighted by atomic mass is 10.1. The van der Waals surface area contributed by atoms with E-state index in [1.54, 1.807) is 7.11 Å². The van der Waals surface area contributed by atoms with Gasteiger partial charge in [0.2, 0.25) is 5.91 Å². The summed E-state index contributed by atoms with van der Waals surface area (Å²) >= 11 is 0. The van der Waals surface area contributed by atoms with Gasteiger partial charge in [-0.15, -0.1) is 0 Å². The van der Waals surface area contributed by atoms with Gasteiger partial charge in [-0.3, -0.25) is 4.79 Å². The molecule has 4 nitrogen and oxygen atoms in total. The molecule has 0 radical (unpaired) electrons. The predicted molar refractivity (Wildman–Crippen MR) is 73.1 cm³/mol. The van der Waals surface area contributed by atoms with E-state index in [0.717, 1.165) is 31.7 Å². The van der Waals surface area contributed by atoms with Crippen molar-refractivity contribution in [1.82, 2.24) is 4.90 Å². The van der Waals surface area contributed by atoms with Gasteiger partial charge < -0.3 is 14.7 Å². The van der Waals surface area contributed by atoms with Gasteiger partial charge in [0.15, 0.2) is 0 Å². The molecule has 1 aliphatic rings. The number of aliphatic hydroxyl groups is 1. The van der Waals surface area contributed by atoms with E-state index in [1.807, 2.05) is 29.2 Å². The first-order valence-corrected chi connectivity index (χ1v) is 6.74. The van der Waals surface area contributed by atoms with Crippen molar-refractivity contribution >= 4 is 5.91 Å². The maximum Gasteiger partial charge on any atom is 0.222 e. The summed E-state index contributed by atoms with van der Waals surface area (Å²) in [6, 6.07) is 7.95. The van der Waals surface area contributed by atoms with Crippen LogP contribution in [-0.4, -0.2) is 42.7 Å². The number of carbonyl (C=O) groups excluding carboxylic acids is 1. The van der Waals surface area contributed by atoms with Crippen LogP contribution in [0.15, 0.2) is 24.3 Å². The first-order chi connectivity index (χ1) is 9.22. The molecule has 1 aromatic rings. The molecule has 1 fully saturated rings. The first kappa shape index (κ1) is 13.9. The van der Waals surface area contributed by atoms with Crippen molar-refractivity contribution in [3.05, 3.63) is 29.8 Å². The van der Waals surface area contributed by atoms with Crippen LogP contribution >= 0.6 is 0 Å². The molecule has 0 bridgehead atoms. The van der Waals surface area contributed by atoms with E-state index in [0.29, 0.717) is 12.3 Å². The SMILES string of the molecule is COc1ccc(CCN2C[C@H](CCO)CC2=O)cc1. The minimum absolute atomic E-state index is 0.171. The summed E-state index contributed by atoms with van der Waals surface area (Å²) in [5, 5.41) is 8.91. The number of amides is 1. The Hall–Kier alpha value is -1.55. The fourth-order valence-corrected chi connectivity index (χ4v) is 2.50. The molecular formula is C15H21NO3. The van der Waals surface area contributed by atoms with Crippen LogP contribution in [0.5, 0.6) is 5.75 Å². The molecule has 2 rings (SSSR count). The molecule has 104 valence electrons. The lowest BCUT2D eigenvalue weighted by molar-refractivity contribution is -0.127. The van der Waals surface area contributed by atoms with Gasteiger partial charge in [0.05, 0.1) is 7.11 Å². The van der Waals surface area contributed by atoms with Crippen molar-refractivity contribution in [3.8, 4) is 5.75 Å². The van der Waals surface area contributed by atoms with E-state index in [1.165, 1.54) is 5.56 Å². The Bertz CT molecular complexity index is 416. The van der Waals surface area contributed by atoms with Crippen LogP contribution in [0.2, 0.25) is 0 Å². The zero-order valence-electron chi connectivity index (χ0n) is 11.3. The number of hydrogen-bond acceptors (Lipinski definition) is 3. The highest BCUT2D eigenvalue weighted by Crippen LogP contribution is 2.21. The van der Waals surface area contributed by atoms with Gasteiger partial charge in [-0.2, -0.15) is 0 Å². The Morgan fingerprint density at radius 3 is 2.74 bits per heavy atom. The Morgan fingerprint density at radius 1 is 1.37 bits per heavy atom. The average Bonchev–Trinajstić information content (AvgIpc) is 2.78. The molecule has 0 aromatic heterocycles. The number of hydrogen-bond donors (Lipinski definition) is 1. The van der Waals surface area contributed by atoms with E-state index in [-0.39, 0.29) is 12.5 Å². The van der Waals surface area contributed by atoms with Crippen LogP contribution in [0.25, 0.3) is 0 Å². The molecule has 1 heterocycles. The monoisotopic (exact) mass is 263 g/mol. The Balaban J connectivity index is 1.83. The number of aliphatic hydroxyl groups excluding tert-OH is 1. The molecule has 1 N–H and O–H groups in total. The second-order valence-electron chi connectivity index (χ2n) is 5.02. The van der Waals surface area contributed by atoms with Crippen molar-refractivity contribution in [2.45, 2.75) is 19.3 Å². The molecule has 0 aliphatic carbocycles. The molecule has 1 saturated heterocycles. The summed E-state index contributed by atoms with van der Waals surface area (Å²) in [7, 11) is 1.65. The number of carbonyl (C=O) groups is 1. The average molecular weight is 263 g/mol. The van der Waals surface area contributed by atoms with Gasteiger partial charge in [-0.25, -0.2) is 0 Å². The third-order valence-corrected chi connectivity index (χ3v) is 3.66. The summed E-state index contributed by atoms with van der Waals surface area (Å²) in [4.78, 5) is 13.7. The minimum Gasteiger partial charge on any atom is -0.497 e. The Labute approximate surface area is 114 Å². The number of benzene rings is 1. The highest BCUT2D eigenvalue weighted by molar-refractivity contribution is 5.78. The number of rotatable bonds is 6. The summed E-state index contributed by atoms with van der Waals surface area (Å²) in [5.74, 6) is 1.39. The van der Waals surface area contributed by atoms with Crippen molar-refractivity contribution < 1.29 is 14.6 Å². The quantitative estimate of drug-likeness (QED) is 0.845. The van der Waals surface area contributed by atoms with Crippen molar-refractivity contribution in [2.24, 2.45) is 5.92 Å². The third-order valence-electron chi connectivity index (χ3n) is 3.66.